The highest BCUT2D eigenvalue weighted by Gasteiger charge is 2.28. The van der Waals surface area contributed by atoms with Crippen LogP contribution in [0.1, 0.15) is 30.9 Å². The van der Waals surface area contributed by atoms with Crippen LogP contribution < -0.4 is 15.5 Å². The monoisotopic (exact) mass is 510 g/mol. The molecule has 0 spiro atoms. The van der Waals surface area contributed by atoms with Gasteiger partial charge in [-0.05, 0) is 42.3 Å². The Morgan fingerprint density at radius 2 is 1.68 bits per heavy atom. The Hall–Kier alpha value is -3.94. The third-order valence-corrected chi connectivity index (χ3v) is 6.94. The van der Waals surface area contributed by atoms with Gasteiger partial charge in [-0.3, -0.25) is 14.5 Å². The molecule has 1 saturated heterocycles. The Balaban J connectivity index is 1.41. The minimum absolute atomic E-state index is 0.131. The highest BCUT2D eigenvalue weighted by Crippen LogP contribution is 2.37. The fraction of sp³-hybridized carbons (Fsp3) is 0.290. The molecule has 2 amide bonds. The third-order valence-electron chi connectivity index (χ3n) is 6.94. The van der Waals surface area contributed by atoms with Crippen molar-refractivity contribution in [3.8, 4) is 0 Å². The molecule has 1 fully saturated rings. The molecule has 0 bridgehead atoms. The molecule has 7 heteroatoms. The first kappa shape index (κ1) is 25.7. The van der Waals surface area contributed by atoms with E-state index in [9.17, 15) is 9.59 Å². The molecule has 0 unspecified atom stereocenters. The first-order valence-corrected chi connectivity index (χ1v) is 13.3. The summed E-state index contributed by atoms with van der Waals surface area (Å²) in [5, 5.41) is 6.49. The van der Waals surface area contributed by atoms with Gasteiger partial charge < -0.3 is 20.3 Å². The van der Waals surface area contributed by atoms with Crippen molar-refractivity contribution < 1.29 is 14.3 Å². The van der Waals surface area contributed by atoms with Gasteiger partial charge >= 0.3 is 0 Å². The van der Waals surface area contributed by atoms with Gasteiger partial charge in [-0.1, -0.05) is 55.5 Å². The molecular weight excluding hydrogens is 476 g/mol. The maximum atomic E-state index is 13.1. The standard InChI is InChI=1S/C31H34N4O3/c1-2-8-28(36)35(18-17-34-19-21-38-22-20-34)25-15-13-24(14-16-25)32-30(23-9-4-3-5-10-23)29-26-11-6-7-12-27(26)33-31(29)37/h3-7,9-16,32H,2,8,17-22H2,1H3,(H,33,37)/b30-29-. The fourth-order valence-corrected chi connectivity index (χ4v) is 4.93. The maximum Gasteiger partial charge on any atom is 0.258 e. The molecule has 0 atom stereocenters. The van der Waals surface area contributed by atoms with Gasteiger partial charge in [0, 0.05) is 55.2 Å². The molecule has 0 aliphatic carbocycles. The van der Waals surface area contributed by atoms with Gasteiger partial charge in [0.25, 0.3) is 5.91 Å². The number of nitrogens with zero attached hydrogens (tertiary/aromatic N) is 2. The highest BCUT2D eigenvalue weighted by atomic mass is 16.5. The minimum atomic E-state index is -0.131. The van der Waals surface area contributed by atoms with Gasteiger partial charge in [-0.15, -0.1) is 0 Å². The summed E-state index contributed by atoms with van der Waals surface area (Å²) in [6.07, 6.45) is 1.33. The Bertz CT molecular complexity index is 1300. The molecule has 0 radical (unpaired) electrons. The lowest BCUT2D eigenvalue weighted by atomic mass is 10.00. The molecule has 7 nitrogen and oxygen atoms in total. The van der Waals surface area contributed by atoms with Crippen LogP contribution in [0.5, 0.6) is 0 Å². The number of fused-ring (bicyclic) bond motifs is 1. The second-order valence-electron chi connectivity index (χ2n) is 9.54. The van der Waals surface area contributed by atoms with E-state index in [0.717, 1.165) is 73.2 Å². The molecule has 0 aromatic heterocycles. The average molecular weight is 511 g/mol. The number of carbonyl (C=O) groups excluding carboxylic acids is 2. The van der Waals surface area contributed by atoms with Crippen LogP contribution in [0, 0.1) is 0 Å². The van der Waals surface area contributed by atoms with Crippen LogP contribution in [0.2, 0.25) is 0 Å². The largest absolute Gasteiger partial charge is 0.379 e. The topological polar surface area (TPSA) is 73.9 Å². The van der Waals surface area contributed by atoms with Crippen molar-refractivity contribution in [2.75, 3.05) is 54.9 Å². The summed E-state index contributed by atoms with van der Waals surface area (Å²) in [5.41, 5.74) is 5.67. The number of carbonyl (C=O) groups is 2. The normalized spacial score (nSPS) is 16.5. The van der Waals surface area contributed by atoms with Crippen LogP contribution >= 0.6 is 0 Å². The van der Waals surface area contributed by atoms with E-state index in [2.05, 4.69) is 15.5 Å². The van der Waals surface area contributed by atoms with Crippen LogP contribution in [-0.4, -0.2) is 56.1 Å². The molecule has 2 heterocycles. The molecule has 2 aliphatic rings. The van der Waals surface area contributed by atoms with Gasteiger partial charge in [0.2, 0.25) is 5.91 Å². The van der Waals surface area contributed by atoms with Crippen molar-refractivity contribution in [3.05, 3.63) is 90.0 Å². The van der Waals surface area contributed by atoms with E-state index in [-0.39, 0.29) is 11.8 Å². The van der Waals surface area contributed by atoms with Crippen LogP contribution in [0.4, 0.5) is 17.1 Å². The predicted molar refractivity (Wildman–Crippen MR) is 153 cm³/mol. The zero-order valence-corrected chi connectivity index (χ0v) is 21.8. The van der Waals surface area contributed by atoms with Gasteiger partial charge in [0.05, 0.1) is 24.5 Å². The van der Waals surface area contributed by atoms with Crippen LogP contribution in [0.3, 0.4) is 0 Å². The summed E-state index contributed by atoms with van der Waals surface area (Å²) >= 11 is 0. The number of nitrogens with one attached hydrogen (secondary N) is 2. The van der Waals surface area contributed by atoms with E-state index >= 15 is 0 Å². The SMILES string of the molecule is CCCC(=O)N(CCN1CCOCC1)c1ccc(N/C(=C2\C(=O)Nc3ccccc32)c2ccccc2)cc1. The molecule has 2 N–H and O–H groups in total. The first-order valence-electron chi connectivity index (χ1n) is 13.3. The molecule has 3 aromatic rings. The number of para-hydroxylation sites is 1. The Morgan fingerprint density at radius 3 is 2.42 bits per heavy atom. The Kier molecular flexibility index (Phi) is 8.16. The predicted octanol–water partition coefficient (Wildman–Crippen LogP) is 5.08. The van der Waals surface area contributed by atoms with Gasteiger partial charge in [0.1, 0.15) is 0 Å². The summed E-state index contributed by atoms with van der Waals surface area (Å²) in [4.78, 5) is 30.3. The molecule has 196 valence electrons. The maximum absolute atomic E-state index is 13.1. The summed E-state index contributed by atoms with van der Waals surface area (Å²) in [5.74, 6) is 0.00131. The van der Waals surface area contributed by atoms with Crippen molar-refractivity contribution >= 4 is 40.1 Å². The molecule has 0 saturated carbocycles. The number of amides is 2. The number of hydrogen-bond acceptors (Lipinski definition) is 5. The lowest BCUT2D eigenvalue weighted by molar-refractivity contribution is -0.118. The van der Waals surface area contributed by atoms with E-state index in [0.29, 0.717) is 18.5 Å². The van der Waals surface area contributed by atoms with Crippen molar-refractivity contribution in [2.24, 2.45) is 0 Å². The number of benzene rings is 3. The zero-order valence-electron chi connectivity index (χ0n) is 21.8. The van der Waals surface area contributed by atoms with E-state index < -0.39 is 0 Å². The van der Waals surface area contributed by atoms with Crippen molar-refractivity contribution in [1.82, 2.24) is 4.90 Å². The summed E-state index contributed by atoms with van der Waals surface area (Å²) in [7, 11) is 0. The molecule has 2 aliphatic heterocycles. The Morgan fingerprint density at radius 1 is 0.974 bits per heavy atom. The first-order chi connectivity index (χ1) is 18.6. The number of rotatable bonds is 9. The summed E-state index contributed by atoms with van der Waals surface area (Å²) < 4.78 is 5.46. The average Bonchev–Trinajstić information content (AvgIpc) is 3.29. The summed E-state index contributed by atoms with van der Waals surface area (Å²) in [6.45, 7) is 6.76. The molecular formula is C31H34N4O3. The highest BCUT2D eigenvalue weighted by molar-refractivity contribution is 6.37. The second kappa shape index (κ2) is 12.1. The van der Waals surface area contributed by atoms with E-state index in [4.69, 9.17) is 4.74 Å². The molecule has 38 heavy (non-hydrogen) atoms. The number of ether oxygens (including phenoxy) is 1. The minimum Gasteiger partial charge on any atom is -0.379 e. The number of hydrogen-bond donors (Lipinski definition) is 2. The molecule has 3 aromatic carbocycles. The quantitative estimate of drug-likeness (QED) is 0.393. The lowest BCUT2D eigenvalue weighted by Gasteiger charge is -2.30. The van der Waals surface area contributed by atoms with Gasteiger partial charge in [-0.25, -0.2) is 0 Å². The number of anilines is 3. The summed E-state index contributed by atoms with van der Waals surface area (Å²) in [6, 6.07) is 25.5. The van der Waals surface area contributed by atoms with Crippen molar-refractivity contribution in [2.45, 2.75) is 19.8 Å². The zero-order chi connectivity index (χ0) is 26.3. The van der Waals surface area contributed by atoms with E-state index in [1.165, 1.54) is 0 Å². The van der Waals surface area contributed by atoms with Crippen LogP contribution in [0.15, 0.2) is 78.9 Å². The lowest BCUT2D eigenvalue weighted by Crippen LogP contribution is -2.43. The van der Waals surface area contributed by atoms with Gasteiger partial charge in [-0.2, -0.15) is 0 Å². The second-order valence-corrected chi connectivity index (χ2v) is 9.54. The van der Waals surface area contributed by atoms with Crippen LogP contribution in [0.25, 0.3) is 11.3 Å². The van der Waals surface area contributed by atoms with Crippen molar-refractivity contribution in [3.63, 3.8) is 0 Å². The van der Waals surface area contributed by atoms with Crippen molar-refractivity contribution in [1.29, 1.82) is 0 Å². The van der Waals surface area contributed by atoms with Gasteiger partial charge in [0.15, 0.2) is 0 Å². The van der Waals surface area contributed by atoms with Crippen LogP contribution in [-0.2, 0) is 14.3 Å². The smallest absolute Gasteiger partial charge is 0.258 e. The number of morpholine rings is 1. The third kappa shape index (κ3) is 5.79. The van der Waals surface area contributed by atoms with E-state index in [1.807, 2.05) is 90.7 Å². The Labute approximate surface area is 224 Å². The van der Waals surface area contributed by atoms with E-state index in [1.54, 1.807) is 0 Å². The fourth-order valence-electron chi connectivity index (χ4n) is 4.93. The molecule has 5 rings (SSSR count).